The molecule has 110 valence electrons. The summed E-state index contributed by atoms with van der Waals surface area (Å²) < 4.78 is 21.1. The molecule has 1 aliphatic rings. The number of hydrogen-bond donors (Lipinski definition) is 1. The van der Waals surface area contributed by atoms with E-state index in [1.807, 2.05) is 0 Å². The van der Waals surface area contributed by atoms with Crippen LogP contribution in [0.2, 0.25) is 5.02 Å². The number of halogens is 2. The Labute approximate surface area is 130 Å². The molecule has 0 unspecified atom stereocenters. The monoisotopic (exact) mass is 326 g/mol. The topological polar surface area (TPSA) is 55.2 Å². The first-order chi connectivity index (χ1) is 10.2. The van der Waals surface area contributed by atoms with E-state index in [1.165, 1.54) is 23.0 Å². The number of aromatic amines is 1. The first kappa shape index (κ1) is 14.4. The molecule has 1 aromatic carbocycles. The number of ether oxygens (including phenoxy) is 1. The number of nitrogens with one attached hydrogen (secondary N) is 1. The number of benzene rings is 1. The second kappa shape index (κ2) is 6.05. The van der Waals surface area contributed by atoms with Crippen LogP contribution in [0.25, 0.3) is 0 Å². The third kappa shape index (κ3) is 2.90. The van der Waals surface area contributed by atoms with Crippen molar-refractivity contribution >= 4 is 30.0 Å². The Bertz CT molecular complexity index is 716. The van der Waals surface area contributed by atoms with Gasteiger partial charge in [0.05, 0.1) is 11.2 Å². The van der Waals surface area contributed by atoms with Gasteiger partial charge in [-0.3, -0.25) is 5.10 Å². The molecule has 1 saturated heterocycles. The number of rotatable bonds is 3. The summed E-state index contributed by atoms with van der Waals surface area (Å²) in [7, 11) is 0. The molecule has 21 heavy (non-hydrogen) atoms. The first-order valence-electron chi connectivity index (χ1n) is 6.44. The molecule has 2 heterocycles. The van der Waals surface area contributed by atoms with Crippen LogP contribution in [0.1, 0.15) is 30.3 Å². The maximum absolute atomic E-state index is 13.7. The molecule has 2 aromatic rings. The second-order valence-corrected chi connectivity index (χ2v) is 5.37. The maximum atomic E-state index is 13.7. The zero-order valence-electron chi connectivity index (χ0n) is 10.9. The predicted octanol–water partition coefficient (Wildman–Crippen LogP) is 3.47. The highest BCUT2D eigenvalue weighted by Gasteiger charge is 2.23. The smallest absolute Gasteiger partial charge is 0.216 e. The Morgan fingerprint density at radius 1 is 1.57 bits per heavy atom. The minimum atomic E-state index is -0.445. The van der Waals surface area contributed by atoms with Crippen LogP contribution in [-0.2, 0) is 4.74 Å². The van der Waals surface area contributed by atoms with Crippen molar-refractivity contribution < 1.29 is 9.13 Å². The maximum Gasteiger partial charge on any atom is 0.216 e. The van der Waals surface area contributed by atoms with Gasteiger partial charge in [0, 0.05) is 12.2 Å². The zero-order chi connectivity index (χ0) is 14.8. The predicted molar refractivity (Wildman–Crippen MR) is 79.7 cm³/mol. The van der Waals surface area contributed by atoms with Crippen LogP contribution in [0.4, 0.5) is 4.39 Å². The molecule has 0 spiro atoms. The van der Waals surface area contributed by atoms with Crippen LogP contribution in [0.15, 0.2) is 23.3 Å². The molecule has 1 N–H and O–H groups in total. The number of aromatic nitrogens is 3. The van der Waals surface area contributed by atoms with Gasteiger partial charge < -0.3 is 4.74 Å². The fourth-order valence-electron chi connectivity index (χ4n) is 2.15. The molecule has 3 rings (SSSR count). The quantitative estimate of drug-likeness (QED) is 0.694. The lowest BCUT2D eigenvalue weighted by atomic mass is 10.2. The lowest BCUT2D eigenvalue weighted by Gasteiger charge is -2.07. The van der Waals surface area contributed by atoms with Crippen molar-refractivity contribution in [1.82, 2.24) is 14.9 Å². The summed E-state index contributed by atoms with van der Waals surface area (Å²) in [6.45, 7) is 0.688. The van der Waals surface area contributed by atoms with Gasteiger partial charge in [0.1, 0.15) is 11.9 Å². The van der Waals surface area contributed by atoms with Crippen LogP contribution in [0.5, 0.6) is 0 Å². The number of hydrogen-bond acceptors (Lipinski definition) is 4. The number of nitrogens with zero attached hydrogens (tertiary/aromatic N) is 3. The van der Waals surface area contributed by atoms with Crippen molar-refractivity contribution in [2.45, 2.75) is 18.9 Å². The van der Waals surface area contributed by atoms with Crippen molar-refractivity contribution in [3.8, 4) is 0 Å². The average molecular weight is 327 g/mol. The molecule has 1 aliphatic heterocycles. The zero-order valence-corrected chi connectivity index (χ0v) is 12.5. The molecule has 0 aliphatic carbocycles. The number of H-pyrrole nitrogens is 1. The molecule has 0 amide bonds. The van der Waals surface area contributed by atoms with E-state index < -0.39 is 5.82 Å². The minimum absolute atomic E-state index is 0.147. The molecule has 0 radical (unpaired) electrons. The van der Waals surface area contributed by atoms with Crippen LogP contribution in [0, 0.1) is 10.6 Å². The Kier molecular flexibility index (Phi) is 4.14. The third-order valence-corrected chi connectivity index (χ3v) is 3.79. The van der Waals surface area contributed by atoms with Crippen molar-refractivity contribution in [3.63, 3.8) is 0 Å². The summed E-state index contributed by atoms with van der Waals surface area (Å²) in [6.07, 6.45) is 3.01. The summed E-state index contributed by atoms with van der Waals surface area (Å²) in [6, 6.07) is 4.46. The van der Waals surface area contributed by atoms with E-state index in [0.717, 1.165) is 12.8 Å². The van der Waals surface area contributed by atoms with E-state index in [-0.39, 0.29) is 16.7 Å². The van der Waals surface area contributed by atoms with E-state index >= 15 is 0 Å². The van der Waals surface area contributed by atoms with Gasteiger partial charge in [-0.05, 0) is 37.2 Å². The molecule has 8 heteroatoms. The van der Waals surface area contributed by atoms with Crippen molar-refractivity contribution in [3.05, 3.63) is 45.2 Å². The molecule has 1 aromatic heterocycles. The van der Waals surface area contributed by atoms with E-state index in [2.05, 4.69) is 15.3 Å². The summed E-state index contributed by atoms with van der Waals surface area (Å²) in [4.78, 5) is 0. The summed E-state index contributed by atoms with van der Waals surface area (Å²) in [5, 5.41) is 11.3. The van der Waals surface area contributed by atoms with Gasteiger partial charge in [0.15, 0.2) is 5.82 Å². The van der Waals surface area contributed by atoms with Crippen molar-refractivity contribution in [2.75, 3.05) is 6.61 Å². The molecule has 1 atom stereocenters. The lowest BCUT2D eigenvalue weighted by Crippen LogP contribution is -2.05. The van der Waals surface area contributed by atoms with E-state index in [1.54, 1.807) is 6.07 Å². The van der Waals surface area contributed by atoms with Crippen molar-refractivity contribution in [2.24, 2.45) is 5.10 Å². The Morgan fingerprint density at radius 2 is 2.43 bits per heavy atom. The summed E-state index contributed by atoms with van der Waals surface area (Å²) >= 11 is 11.1. The van der Waals surface area contributed by atoms with Gasteiger partial charge >= 0.3 is 0 Å². The lowest BCUT2D eigenvalue weighted by molar-refractivity contribution is 0.102. The van der Waals surface area contributed by atoms with Crippen molar-refractivity contribution in [1.29, 1.82) is 0 Å². The average Bonchev–Trinajstić information content (AvgIpc) is 3.08. The van der Waals surface area contributed by atoms with Crippen LogP contribution in [-0.4, -0.2) is 27.7 Å². The van der Waals surface area contributed by atoms with Crippen LogP contribution < -0.4 is 0 Å². The molecular formula is C13H12ClFN4OS. The van der Waals surface area contributed by atoms with Crippen LogP contribution in [0.3, 0.4) is 0 Å². The molecule has 0 bridgehead atoms. The van der Waals surface area contributed by atoms with Gasteiger partial charge in [0.25, 0.3) is 0 Å². The highest BCUT2D eigenvalue weighted by Crippen LogP contribution is 2.27. The highest BCUT2D eigenvalue weighted by atomic mass is 35.5. The van der Waals surface area contributed by atoms with Gasteiger partial charge in [-0.1, -0.05) is 17.7 Å². The first-order valence-corrected chi connectivity index (χ1v) is 7.22. The molecular weight excluding hydrogens is 315 g/mol. The Balaban J connectivity index is 1.96. The minimum Gasteiger partial charge on any atom is -0.370 e. The SMILES string of the molecule is Fc1cccc(Cl)c1/C=N\n1c([C@H]2CCCO2)n[nH]c1=S. The molecule has 5 nitrogen and oxygen atoms in total. The summed E-state index contributed by atoms with van der Waals surface area (Å²) in [5.41, 5.74) is 0.209. The van der Waals surface area contributed by atoms with E-state index in [0.29, 0.717) is 17.2 Å². The standard InChI is InChI=1S/C13H12ClFN4OS/c14-9-3-1-4-10(15)8(9)7-16-19-12(17-18-13(19)21)11-5-2-6-20-11/h1,3-4,7,11H,2,5-6H2,(H,18,21)/b16-7-/t11-/m1/s1. The van der Waals surface area contributed by atoms with Gasteiger partial charge in [-0.15, -0.1) is 0 Å². The van der Waals surface area contributed by atoms with E-state index in [9.17, 15) is 4.39 Å². The fraction of sp³-hybridized carbons (Fsp3) is 0.308. The Morgan fingerprint density at radius 3 is 3.14 bits per heavy atom. The van der Waals surface area contributed by atoms with Gasteiger partial charge in [-0.25, -0.2) is 4.39 Å². The highest BCUT2D eigenvalue weighted by molar-refractivity contribution is 7.71. The molecule has 0 saturated carbocycles. The normalized spacial score (nSPS) is 18.7. The fourth-order valence-corrected chi connectivity index (χ4v) is 2.55. The largest absolute Gasteiger partial charge is 0.370 e. The van der Waals surface area contributed by atoms with Gasteiger partial charge in [0.2, 0.25) is 4.77 Å². The van der Waals surface area contributed by atoms with E-state index in [4.69, 9.17) is 28.6 Å². The van der Waals surface area contributed by atoms with Gasteiger partial charge in [-0.2, -0.15) is 14.9 Å². The van der Waals surface area contributed by atoms with Crippen LogP contribution >= 0.6 is 23.8 Å². The third-order valence-electron chi connectivity index (χ3n) is 3.20. The molecule has 1 fully saturated rings. The Hall–Kier alpha value is -1.57. The second-order valence-electron chi connectivity index (χ2n) is 4.58. The summed E-state index contributed by atoms with van der Waals surface area (Å²) in [5.74, 6) is 0.140.